The Hall–Kier alpha value is -4.62. The fourth-order valence-electron chi connectivity index (χ4n) is 4.08. The third-order valence-corrected chi connectivity index (χ3v) is 6.04. The molecule has 0 atom stereocenters. The molecule has 0 heterocycles. The number of amides is 2. The number of nitrogens with one attached hydrogen (secondary N) is 2. The molecule has 4 rings (SSSR count). The second kappa shape index (κ2) is 14.0. The molecule has 0 unspecified atom stereocenters. The highest BCUT2D eigenvalue weighted by molar-refractivity contribution is 6.05. The molecule has 0 aliphatic heterocycles. The van der Waals surface area contributed by atoms with E-state index < -0.39 is 11.8 Å². The first kappa shape index (κ1) is 28.4. The van der Waals surface area contributed by atoms with Gasteiger partial charge in [0.05, 0.1) is 19.3 Å². The summed E-state index contributed by atoms with van der Waals surface area (Å²) in [5.74, 6) is 0.422. The van der Waals surface area contributed by atoms with Crippen molar-refractivity contribution in [1.82, 2.24) is 10.6 Å². The molecule has 7 heteroatoms. The first-order valence-corrected chi connectivity index (χ1v) is 13.3. The largest absolute Gasteiger partial charge is 0.493 e. The molecule has 0 aromatic heterocycles. The van der Waals surface area contributed by atoms with Crippen molar-refractivity contribution in [1.29, 1.82) is 0 Å². The predicted molar refractivity (Wildman–Crippen MR) is 157 cm³/mol. The number of rotatable bonds is 12. The zero-order valence-electron chi connectivity index (χ0n) is 22.7. The molecule has 0 aliphatic rings. The molecule has 0 aliphatic carbocycles. The summed E-state index contributed by atoms with van der Waals surface area (Å²) in [7, 11) is 0. The lowest BCUT2D eigenvalue weighted by molar-refractivity contribution is -0.117. The molecule has 3 N–H and O–H groups in total. The smallest absolute Gasteiger partial charge is 0.267 e. The second-order valence-electron chi connectivity index (χ2n) is 9.53. The average molecular weight is 539 g/mol. The van der Waals surface area contributed by atoms with Gasteiger partial charge in [-0.3, -0.25) is 9.59 Å². The maximum Gasteiger partial charge on any atom is 0.267 e. The van der Waals surface area contributed by atoms with E-state index in [2.05, 4.69) is 41.0 Å². The molecule has 0 fully saturated rings. The maximum atomic E-state index is 13.0. The van der Waals surface area contributed by atoms with Gasteiger partial charge < -0.3 is 25.2 Å². The van der Waals surface area contributed by atoms with E-state index >= 15 is 0 Å². The zero-order valence-corrected chi connectivity index (χ0v) is 22.7. The summed E-state index contributed by atoms with van der Waals surface area (Å²) in [5, 5.41) is 16.8. The third-order valence-electron chi connectivity index (χ3n) is 6.04. The monoisotopic (exact) mass is 538 g/mol. The van der Waals surface area contributed by atoms with Crippen LogP contribution in [0.15, 0.2) is 96.7 Å². The minimum Gasteiger partial charge on any atom is -0.493 e. The minimum atomic E-state index is -0.501. The lowest BCUT2D eigenvalue weighted by Crippen LogP contribution is -2.36. The Morgan fingerprint density at radius 3 is 2.27 bits per heavy atom. The van der Waals surface area contributed by atoms with Crippen LogP contribution < -0.4 is 20.1 Å². The van der Waals surface area contributed by atoms with Crippen LogP contribution in [0.4, 0.5) is 0 Å². The van der Waals surface area contributed by atoms with Crippen LogP contribution in [0.5, 0.6) is 11.5 Å². The highest BCUT2D eigenvalue weighted by Crippen LogP contribution is 2.18. The summed E-state index contributed by atoms with van der Waals surface area (Å²) >= 11 is 0. The Labute approximate surface area is 234 Å². The Balaban J connectivity index is 1.37. The predicted octanol–water partition coefficient (Wildman–Crippen LogP) is 5.13. The number of ether oxygens (including phenoxy) is 2. The Bertz CT molecular complexity index is 1460. The van der Waals surface area contributed by atoms with Gasteiger partial charge in [-0.05, 0) is 78.2 Å². The molecule has 4 aromatic rings. The van der Waals surface area contributed by atoms with Crippen molar-refractivity contribution in [3.63, 3.8) is 0 Å². The summed E-state index contributed by atoms with van der Waals surface area (Å²) in [6.07, 6.45) is 2.38. The van der Waals surface area contributed by atoms with Crippen LogP contribution in [0.3, 0.4) is 0 Å². The van der Waals surface area contributed by atoms with Gasteiger partial charge in [0.25, 0.3) is 11.8 Å². The highest BCUT2D eigenvalue weighted by Gasteiger charge is 2.15. The number of hydrogen-bond donors (Lipinski definition) is 3. The van der Waals surface area contributed by atoms with E-state index in [0.29, 0.717) is 29.2 Å². The van der Waals surface area contributed by atoms with Crippen molar-refractivity contribution < 1.29 is 24.2 Å². The Morgan fingerprint density at radius 1 is 0.875 bits per heavy atom. The second-order valence-corrected chi connectivity index (χ2v) is 9.53. The van der Waals surface area contributed by atoms with Gasteiger partial charge >= 0.3 is 0 Å². The number of aliphatic hydroxyl groups is 1. The standard InChI is InChI=1S/C33H34N2O5/c1-23(2)40-30-13-8-24(9-14-30)22-31(33(38)34-18-19-36)35-32(37)27-11-15-29(16-12-27)39-20-17-25-7-10-26-5-3-4-6-28(26)21-25/h3-16,21-23,36H,17-20H2,1-2H3,(H,34,38)(H,35,37)/b31-22+. The highest BCUT2D eigenvalue weighted by atomic mass is 16.5. The van der Waals surface area contributed by atoms with Gasteiger partial charge in [-0.1, -0.05) is 54.6 Å². The minimum absolute atomic E-state index is 0.0434. The average Bonchev–Trinajstić information content (AvgIpc) is 2.96. The van der Waals surface area contributed by atoms with E-state index in [4.69, 9.17) is 14.6 Å². The number of carbonyl (C=O) groups is 2. The van der Waals surface area contributed by atoms with Crippen LogP contribution in [0, 0.1) is 0 Å². The lowest BCUT2D eigenvalue weighted by Gasteiger charge is -2.12. The molecule has 0 radical (unpaired) electrons. The zero-order chi connectivity index (χ0) is 28.3. The fraction of sp³-hybridized carbons (Fsp3) is 0.212. The van der Waals surface area contributed by atoms with E-state index in [1.165, 1.54) is 16.3 Å². The third kappa shape index (κ3) is 8.19. The SMILES string of the molecule is CC(C)Oc1ccc(/C=C(/NC(=O)c2ccc(OCCc3ccc4ccccc4c3)cc2)C(=O)NCCO)cc1. The Kier molecular flexibility index (Phi) is 9.91. The summed E-state index contributed by atoms with van der Waals surface area (Å²) in [5.41, 5.74) is 2.34. The summed E-state index contributed by atoms with van der Waals surface area (Å²) < 4.78 is 11.6. The van der Waals surface area contributed by atoms with Crippen LogP contribution in [-0.4, -0.2) is 42.8 Å². The summed E-state index contributed by atoms with van der Waals surface area (Å²) in [6, 6.07) is 28.6. The fourth-order valence-corrected chi connectivity index (χ4v) is 4.08. The van der Waals surface area contributed by atoms with Crippen molar-refractivity contribution in [2.24, 2.45) is 0 Å². The van der Waals surface area contributed by atoms with Gasteiger partial charge in [-0.15, -0.1) is 0 Å². The quantitative estimate of drug-likeness (QED) is 0.217. The normalized spacial score (nSPS) is 11.3. The molecule has 7 nitrogen and oxygen atoms in total. The molecular formula is C33H34N2O5. The number of aliphatic hydroxyl groups excluding tert-OH is 1. The number of benzene rings is 4. The van der Waals surface area contributed by atoms with Gasteiger partial charge in [0.15, 0.2) is 0 Å². The molecule has 206 valence electrons. The van der Waals surface area contributed by atoms with E-state index in [0.717, 1.165) is 6.42 Å². The topological polar surface area (TPSA) is 96.9 Å². The van der Waals surface area contributed by atoms with Crippen molar-refractivity contribution >= 4 is 28.7 Å². The summed E-state index contributed by atoms with van der Waals surface area (Å²) in [6.45, 7) is 4.24. The molecule has 0 saturated carbocycles. The maximum absolute atomic E-state index is 13.0. The van der Waals surface area contributed by atoms with Crippen LogP contribution in [0.2, 0.25) is 0 Å². The van der Waals surface area contributed by atoms with Crippen molar-refractivity contribution in [2.75, 3.05) is 19.8 Å². The molecule has 4 aromatic carbocycles. The lowest BCUT2D eigenvalue weighted by atomic mass is 10.1. The number of hydrogen-bond acceptors (Lipinski definition) is 5. The molecule has 0 spiro atoms. The molecule has 2 amide bonds. The van der Waals surface area contributed by atoms with Gasteiger partial charge in [-0.25, -0.2) is 0 Å². The molecule has 40 heavy (non-hydrogen) atoms. The molecule has 0 saturated heterocycles. The van der Waals surface area contributed by atoms with Crippen LogP contribution in [0.1, 0.15) is 35.3 Å². The van der Waals surface area contributed by atoms with Crippen LogP contribution in [0.25, 0.3) is 16.8 Å². The van der Waals surface area contributed by atoms with Crippen molar-refractivity contribution in [2.45, 2.75) is 26.4 Å². The van der Waals surface area contributed by atoms with Crippen molar-refractivity contribution in [3.8, 4) is 11.5 Å². The van der Waals surface area contributed by atoms with E-state index in [-0.39, 0.29) is 25.0 Å². The van der Waals surface area contributed by atoms with E-state index in [9.17, 15) is 9.59 Å². The number of carbonyl (C=O) groups excluding carboxylic acids is 2. The van der Waals surface area contributed by atoms with Crippen LogP contribution in [-0.2, 0) is 11.2 Å². The van der Waals surface area contributed by atoms with Crippen molar-refractivity contribution in [3.05, 3.63) is 113 Å². The van der Waals surface area contributed by atoms with Crippen LogP contribution >= 0.6 is 0 Å². The van der Waals surface area contributed by atoms with Gasteiger partial charge in [0, 0.05) is 18.5 Å². The van der Waals surface area contributed by atoms with E-state index in [1.54, 1.807) is 54.6 Å². The van der Waals surface area contributed by atoms with E-state index in [1.807, 2.05) is 26.0 Å². The molecule has 0 bridgehead atoms. The first-order valence-electron chi connectivity index (χ1n) is 13.3. The van der Waals surface area contributed by atoms with Gasteiger partial charge in [-0.2, -0.15) is 0 Å². The first-order chi connectivity index (χ1) is 19.4. The van der Waals surface area contributed by atoms with Gasteiger partial charge in [0.1, 0.15) is 17.2 Å². The molecular weight excluding hydrogens is 504 g/mol. The Morgan fingerprint density at radius 2 is 1.57 bits per heavy atom. The number of fused-ring (bicyclic) bond motifs is 1. The van der Waals surface area contributed by atoms with Gasteiger partial charge in [0.2, 0.25) is 0 Å². The summed E-state index contributed by atoms with van der Waals surface area (Å²) in [4.78, 5) is 25.7.